The van der Waals surface area contributed by atoms with Gasteiger partial charge in [-0.05, 0) is 5.92 Å². The van der Waals surface area contributed by atoms with Gasteiger partial charge in [-0.15, -0.1) is 0 Å². The predicted molar refractivity (Wildman–Crippen MR) is 75.0 cm³/mol. The van der Waals surface area contributed by atoms with E-state index < -0.39 is 0 Å². The first kappa shape index (κ1) is 16.0. The Labute approximate surface area is 118 Å². The SMILES string of the molecule is COC(=O)CCN(CC(C)C)C(=O)c1c(N)cnn1C. The fraction of sp³-hybridized carbons (Fsp3) is 0.615. The van der Waals surface area contributed by atoms with E-state index in [9.17, 15) is 9.59 Å². The monoisotopic (exact) mass is 282 g/mol. The highest BCUT2D eigenvalue weighted by atomic mass is 16.5. The van der Waals surface area contributed by atoms with Crippen LogP contribution in [0.15, 0.2) is 6.20 Å². The molecule has 0 aliphatic heterocycles. The van der Waals surface area contributed by atoms with E-state index in [-0.39, 0.29) is 24.2 Å². The molecule has 0 aliphatic carbocycles. The Bertz CT molecular complexity index is 462. The van der Waals surface area contributed by atoms with E-state index in [1.165, 1.54) is 18.0 Å². The topological polar surface area (TPSA) is 90.4 Å². The molecular weight excluding hydrogens is 260 g/mol. The Hall–Kier alpha value is -2.05. The van der Waals surface area contributed by atoms with Crippen LogP contribution in [-0.4, -0.2) is 46.8 Å². The minimum absolute atomic E-state index is 0.159. The van der Waals surface area contributed by atoms with Crippen molar-refractivity contribution in [3.63, 3.8) is 0 Å². The molecule has 1 rings (SSSR count). The lowest BCUT2D eigenvalue weighted by Crippen LogP contribution is -2.37. The Balaban J connectivity index is 2.87. The van der Waals surface area contributed by atoms with Gasteiger partial charge >= 0.3 is 5.97 Å². The number of carbonyl (C=O) groups is 2. The van der Waals surface area contributed by atoms with E-state index in [4.69, 9.17) is 5.73 Å². The van der Waals surface area contributed by atoms with Gasteiger partial charge in [-0.2, -0.15) is 5.10 Å². The smallest absolute Gasteiger partial charge is 0.307 e. The van der Waals surface area contributed by atoms with Gasteiger partial charge in [0.05, 0.1) is 25.4 Å². The molecule has 1 heterocycles. The quantitative estimate of drug-likeness (QED) is 0.774. The second-order valence-electron chi connectivity index (χ2n) is 5.04. The zero-order valence-electron chi connectivity index (χ0n) is 12.4. The molecule has 0 saturated carbocycles. The number of carbonyl (C=O) groups excluding carboxylic acids is 2. The maximum Gasteiger partial charge on any atom is 0.307 e. The number of amides is 1. The van der Waals surface area contributed by atoms with Gasteiger partial charge in [-0.25, -0.2) is 0 Å². The van der Waals surface area contributed by atoms with E-state index in [1.807, 2.05) is 13.8 Å². The Morgan fingerprint density at radius 3 is 2.60 bits per heavy atom. The van der Waals surface area contributed by atoms with Crippen LogP contribution in [0.5, 0.6) is 0 Å². The molecule has 0 fully saturated rings. The van der Waals surface area contributed by atoms with Crippen molar-refractivity contribution in [1.82, 2.24) is 14.7 Å². The van der Waals surface area contributed by atoms with Crippen LogP contribution in [0.3, 0.4) is 0 Å². The average molecular weight is 282 g/mol. The summed E-state index contributed by atoms with van der Waals surface area (Å²) in [7, 11) is 2.99. The molecule has 112 valence electrons. The predicted octanol–water partition coefficient (Wildman–Crippen LogP) is 0.664. The van der Waals surface area contributed by atoms with Gasteiger partial charge < -0.3 is 15.4 Å². The summed E-state index contributed by atoms with van der Waals surface area (Å²) in [6.07, 6.45) is 1.60. The van der Waals surface area contributed by atoms with Gasteiger partial charge in [-0.3, -0.25) is 14.3 Å². The summed E-state index contributed by atoms with van der Waals surface area (Å²) in [5, 5.41) is 3.96. The van der Waals surface area contributed by atoms with Crippen LogP contribution in [0, 0.1) is 5.92 Å². The van der Waals surface area contributed by atoms with Crippen molar-refractivity contribution in [2.75, 3.05) is 25.9 Å². The molecule has 7 heteroatoms. The average Bonchev–Trinajstić information content (AvgIpc) is 2.72. The van der Waals surface area contributed by atoms with Crippen molar-refractivity contribution >= 4 is 17.6 Å². The van der Waals surface area contributed by atoms with E-state index in [0.29, 0.717) is 24.5 Å². The number of nitrogen functional groups attached to an aromatic ring is 1. The van der Waals surface area contributed by atoms with Crippen LogP contribution in [0.4, 0.5) is 5.69 Å². The number of ether oxygens (including phenoxy) is 1. The number of aryl methyl sites for hydroxylation is 1. The number of hydrogen-bond donors (Lipinski definition) is 1. The maximum absolute atomic E-state index is 12.5. The second-order valence-corrected chi connectivity index (χ2v) is 5.04. The molecule has 0 unspecified atom stereocenters. The molecule has 0 atom stereocenters. The molecule has 2 N–H and O–H groups in total. The molecule has 1 amide bonds. The molecule has 0 radical (unpaired) electrons. The van der Waals surface area contributed by atoms with E-state index in [1.54, 1.807) is 11.9 Å². The Kier molecular flexibility index (Phi) is 5.54. The number of nitrogens with zero attached hydrogens (tertiary/aromatic N) is 3. The van der Waals surface area contributed by atoms with E-state index in [2.05, 4.69) is 9.84 Å². The molecule has 20 heavy (non-hydrogen) atoms. The van der Waals surface area contributed by atoms with Gasteiger partial charge in [0.2, 0.25) is 0 Å². The summed E-state index contributed by atoms with van der Waals surface area (Å²) in [6, 6.07) is 0. The largest absolute Gasteiger partial charge is 0.469 e. The second kappa shape index (κ2) is 6.93. The molecule has 0 aliphatic rings. The van der Waals surface area contributed by atoms with Crippen molar-refractivity contribution in [2.45, 2.75) is 20.3 Å². The summed E-state index contributed by atoms with van der Waals surface area (Å²) >= 11 is 0. The summed E-state index contributed by atoms with van der Waals surface area (Å²) in [6.45, 7) is 4.85. The van der Waals surface area contributed by atoms with E-state index in [0.717, 1.165) is 0 Å². The number of nitrogens with two attached hydrogens (primary N) is 1. The first-order valence-electron chi connectivity index (χ1n) is 6.50. The molecule has 1 aromatic heterocycles. The molecule has 7 nitrogen and oxygen atoms in total. The van der Waals surface area contributed by atoms with Crippen molar-refractivity contribution in [3.05, 3.63) is 11.9 Å². The van der Waals surface area contributed by atoms with Crippen molar-refractivity contribution in [1.29, 1.82) is 0 Å². The van der Waals surface area contributed by atoms with Gasteiger partial charge in [-0.1, -0.05) is 13.8 Å². The normalized spacial score (nSPS) is 10.7. The van der Waals surface area contributed by atoms with Crippen molar-refractivity contribution in [3.8, 4) is 0 Å². The van der Waals surface area contributed by atoms with Crippen LogP contribution in [0.2, 0.25) is 0 Å². The molecule has 0 aromatic carbocycles. The molecule has 1 aromatic rings. The number of aromatic nitrogens is 2. The van der Waals surface area contributed by atoms with Crippen LogP contribution in [0.1, 0.15) is 30.8 Å². The van der Waals surface area contributed by atoms with Gasteiger partial charge in [0.25, 0.3) is 5.91 Å². The Morgan fingerprint density at radius 2 is 2.15 bits per heavy atom. The number of anilines is 1. The third-order valence-corrected chi connectivity index (χ3v) is 2.86. The van der Waals surface area contributed by atoms with Gasteiger partial charge in [0, 0.05) is 20.1 Å². The molecule has 0 spiro atoms. The van der Waals surface area contributed by atoms with Crippen LogP contribution >= 0.6 is 0 Å². The lowest BCUT2D eigenvalue weighted by Gasteiger charge is -2.24. The standard InChI is InChI=1S/C13H22N4O3/c1-9(2)8-17(6-5-11(18)20-4)13(19)12-10(14)7-15-16(12)3/h7,9H,5-6,8,14H2,1-4H3. The summed E-state index contributed by atoms with van der Waals surface area (Å²) in [5.41, 5.74) is 6.45. The van der Waals surface area contributed by atoms with Gasteiger partial charge in [0.15, 0.2) is 0 Å². The molecule has 0 saturated heterocycles. The third-order valence-electron chi connectivity index (χ3n) is 2.86. The van der Waals surface area contributed by atoms with E-state index >= 15 is 0 Å². The lowest BCUT2D eigenvalue weighted by molar-refractivity contribution is -0.140. The maximum atomic E-state index is 12.5. The summed E-state index contributed by atoms with van der Waals surface area (Å²) < 4.78 is 6.05. The van der Waals surface area contributed by atoms with Crippen LogP contribution in [-0.2, 0) is 16.6 Å². The first-order valence-corrected chi connectivity index (χ1v) is 6.50. The number of hydrogen-bond acceptors (Lipinski definition) is 5. The van der Waals surface area contributed by atoms with Gasteiger partial charge in [0.1, 0.15) is 5.69 Å². The number of esters is 1. The highest BCUT2D eigenvalue weighted by Crippen LogP contribution is 2.14. The number of rotatable bonds is 6. The zero-order valence-corrected chi connectivity index (χ0v) is 12.4. The van der Waals surface area contributed by atoms with Crippen molar-refractivity contribution < 1.29 is 14.3 Å². The fourth-order valence-corrected chi connectivity index (χ4v) is 1.91. The minimum atomic E-state index is -0.343. The Morgan fingerprint density at radius 1 is 1.50 bits per heavy atom. The highest BCUT2D eigenvalue weighted by Gasteiger charge is 2.23. The fourth-order valence-electron chi connectivity index (χ4n) is 1.91. The van der Waals surface area contributed by atoms with Crippen molar-refractivity contribution in [2.24, 2.45) is 13.0 Å². The minimum Gasteiger partial charge on any atom is -0.469 e. The van der Waals surface area contributed by atoms with Crippen LogP contribution in [0.25, 0.3) is 0 Å². The molecular formula is C13H22N4O3. The van der Waals surface area contributed by atoms with Crippen LogP contribution < -0.4 is 5.73 Å². The zero-order chi connectivity index (χ0) is 15.3. The third kappa shape index (κ3) is 3.97. The number of methoxy groups -OCH3 is 1. The lowest BCUT2D eigenvalue weighted by atomic mass is 10.2. The highest BCUT2D eigenvalue weighted by molar-refractivity contribution is 5.97. The first-order chi connectivity index (χ1) is 9.36. The summed E-state index contributed by atoms with van der Waals surface area (Å²) in [4.78, 5) is 25.4. The summed E-state index contributed by atoms with van der Waals surface area (Å²) in [5.74, 6) is -0.282. The molecule has 0 bridgehead atoms.